The molecule has 0 spiro atoms. The van der Waals surface area contributed by atoms with Gasteiger partial charge in [-0.3, -0.25) is 9.48 Å². The minimum Gasteiger partial charge on any atom is -0.458 e. The first-order valence-electron chi connectivity index (χ1n) is 6.60. The molecule has 8 heteroatoms. The third-order valence-electron chi connectivity index (χ3n) is 3.22. The van der Waals surface area contributed by atoms with Crippen molar-refractivity contribution in [2.24, 2.45) is 0 Å². The summed E-state index contributed by atoms with van der Waals surface area (Å²) in [5.74, 6) is -0.519. The number of carbonyl (C=O) groups excluding carboxylic acids is 1. The molecule has 3 rings (SSSR count). The van der Waals surface area contributed by atoms with Crippen LogP contribution in [-0.2, 0) is 11.3 Å². The Kier molecular flexibility index (Phi) is 3.76. The fourth-order valence-electron chi connectivity index (χ4n) is 2.19. The average molecular weight is 291 g/mol. The summed E-state index contributed by atoms with van der Waals surface area (Å²) >= 11 is 0. The first-order valence-corrected chi connectivity index (χ1v) is 6.60. The van der Waals surface area contributed by atoms with E-state index in [0.717, 1.165) is 12.4 Å². The van der Waals surface area contributed by atoms with E-state index in [9.17, 15) is 9.18 Å². The molecule has 0 unspecified atom stereocenters. The number of hydrogen-bond acceptors (Lipinski definition) is 5. The van der Waals surface area contributed by atoms with Crippen LogP contribution in [0.3, 0.4) is 0 Å². The number of halogens is 1. The minimum atomic E-state index is -0.509. The van der Waals surface area contributed by atoms with Crippen LogP contribution in [0.2, 0.25) is 0 Å². The molecule has 0 radical (unpaired) electrons. The van der Waals surface area contributed by atoms with Gasteiger partial charge in [0.25, 0.3) is 0 Å². The third-order valence-corrected chi connectivity index (χ3v) is 3.22. The molecule has 1 aliphatic rings. The molecule has 2 aromatic heterocycles. The fraction of sp³-hybridized carbons (Fsp3) is 0.385. The Bertz CT molecular complexity index is 602. The number of nitrogens with zero attached hydrogens (tertiary/aromatic N) is 5. The lowest BCUT2D eigenvalue weighted by Gasteiger charge is -2.16. The Hall–Kier alpha value is -2.51. The van der Waals surface area contributed by atoms with E-state index < -0.39 is 5.82 Å². The highest BCUT2D eigenvalue weighted by atomic mass is 19.1. The van der Waals surface area contributed by atoms with Gasteiger partial charge in [0.1, 0.15) is 12.6 Å². The Morgan fingerprint density at radius 1 is 1.43 bits per heavy atom. The van der Waals surface area contributed by atoms with Crippen LogP contribution in [0, 0.1) is 5.82 Å². The lowest BCUT2D eigenvalue weighted by Crippen LogP contribution is -2.33. The SMILES string of the molecule is O=C(Cn1cccn1)N1CC[C@@H](Oc2ncc(F)cn2)C1. The molecule has 1 aliphatic heterocycles. The van der Waals surface area contributed by atoms with E-state index >= 15 is 0 Å². The van der Waals surface area contributed by atoms with Gasteiger partial charge in [-0.05, 0) is 6.07 Å². The van der Waals surface area contributed by atoms with E-state index in [2.05, 4.69) is 15.1 Å². The van der Waals surface area contributed by atoms with Crippen molar-refractivity contribution in [2.75, 3.05) is 13.1 Å². The largest absolute Gasteiger partial charge is 0.458 e. The first kappa shape index (κ1) is 13.5. The quantitative estimate of drug-likeness (QED) is 0.820. The highest BCUT2D eigenvalue weighted by Gasteiger charge is 2.28. The Labute approximate surface area is 120 Å². The van der Waals surface area contributed by atoms with E-state index in [1.807, 2.05) is 0 Å². The van der Waals surface area contributed by atoms with E-state index in [4.69, 9.17) is 4.74 Å². The highest BCUT2D eigenvalue weighted by Crippen LogP contribution is 2.15. The molecule has 7 nitrogen and oxygen atoms in total. The third kappa shape index (κ3) is 3.33. The molecule has 110 valence electrons. The molecule has 1 saturated heterocycles. The molecule has 0 N–H and O–H groups in total. The topological polar surface area (TPSA) is 73.1 Å². The van der Waals surface area contributed by atoms with Crippen molar-refractivity contribution in [1.82, 2.24) is 24.6 Å². The van der Waals surface area contributed by atoms with E-state index in [1.165, 1.54) is 0 Å². The van der Waals surface area contributed by atoms with Gasteiger partial charge in [0.2, 0.25) is 5.91 Å². The standard InChI is InChI=1S/C13H14FN5O2/c14-10-6-15-13(16-7-10)21-11-2-5-18(8-11)12(20)9-19-4-1-3-17-19/h1,3-4,6-7,11H,2,5,8-9H2/t11-/m1/s1. The lowest BCUT2D eigenvalue weighted by atomic mass is 10.3. The van der Waals surface area contributed by atoms with Crippen LogP contribution in [0.1, 0.15) is 6.42 Å². The molecule has 3 heterocycles. The van der Waals surface area contributed by atoms with E-state index in [-0.39, 0.29) is 24.6 Å². The molecule has 0 aromatic carbocycles. The van der Waals surface area contributed by atoms with Crippen LogP contribution in [0.5, 0.6) is 6.01 Å². The second kappa shape index (κ2) is 5.86. The minimum absolute atomic E-state index is 0.00942. The fourth-order valence-corrected chi connectivity index (χ4v) is 2.19. The first-order chi connectivity index (χ1) is 10.2. The number of aromatic nitrogens is 4. The van der Waals surface area contributed by atoms with Crippen molar-refractivity contribution < 1.29 is 13.9 Å². The number of likely N-dealkylation sites (tertiary alicyclic amines) is 1. The maximum absolute atomic E-state index is 12.7. The summed E-state index contributed by atoms with van der Waals surface area (Å²) in [5, 5.41) is 4.01. The van der Waals surface area contributed by atoms with Crippen molar-refractivity contribution >= 4 is 5.91 Å². The smallest absolute Gasteiger partial charge is 0.316 e. The number of ether oxygens (including phenoxy) is 1. The molecular weight excluding hydrogens is 277 g/mol. The number of amides is 1. The Balaban J connectivity index is 1.53. The molecule has 1 amide bonds. The molecule has 0 aliphatic carbocycles. The molecule has 21 heavy (non-hydrogen) atoms. The predicted molar refractivity (Wildman–Crippen MR) is 69.8 cm³/mol. The average Bonchev–Trinajstić information content (AvgIpc) is 3.13. The maximum atomic E-state index is 12.7. The van der Waals surface area contributed by atoms with Gasteiger partial charge in [-0.15, -0.1) is 0 Å². The van der Waals surface area contributed by atoms with Crippen molar-refractivity contribution in [2.45, 2.75) is 19.1 Å². The number of rotatable bonds is 4. The summed E-state index contributed by atoms with van der Waals surface area (Å²) in [7, 11) is 0. The number of carbonyl (C=O) groups is 1. The van der Waals surface area contributed by atoms with Gasteiger partial charge in [0, 0.05) is 25.4 Å². The van der Waals surface area contributed by atoms with Gasteiger partial charge in [0.15, 0.2) is 5.82 Å². The molecule has 2 aromatic rings. The zero-order valence-electron chi connectivity index (χ0n) is 11.2. The van der Waals surface area contributed by atoms with Gasteiger partial charge in [-0.2, -0.15) is 5.10 Å². The predicted octanol–water partition coefficient (Wildman–Crippen LogP) is 0.492. The summed E-state index contributed by atoms with van der Waals surface area (Å²) in [6.07, 6.45) is 6.02. The van der Waals surface area contributed by atoms with Gasteiger partial charge in [0.05, 0.1) is 18.9 Å². The normalized spacial score (nSPS) is 18.0. The Morgan fingerprint density at radius 3 is 2.95 bits per heavy atom. The number of hydrogen-bond donors (Lipinski definition) is 0. The van der Waals surface area contributed by atoms with Crippen LogP contribution < -0.4 is 4.74 Å². The summed E-state index contributed by atoms with van der Waals surface area (Å²) in [5.41, 5.74) is 0. The van der Waals surface area contributed by atoms with Crippen LogP contribution in [0.4, 0.5) is 4.39 Å². The van der Waals surface area contributed by atoms with Crippen molar-refractivity contribution in [3.05, 3.63) is 36.7 Å². The second-order valence-electron chi connectivity index (χ2n) is 4.76. The van der Waals surface area contributed by atoms with Crippen molar-refractivity contribution in [1.29, 1.82) is 0 Å². The highest BCUT2D eigenvalue weighted by molar-refractivity contribution is 5.76. The van der Waals surface area contributed by atoms with Gasteiger partial charge >= 0.3 is 6.01 Å². The molecule has 1 atom stereocenters. The summed E-state index contributed by atoms with van der Waals surface area (Å²) in [4.78, 5) is 21.3. The molecular formula is C13H14FN5O2. The summed E-state index contributed by atoms with van der Waals surface area (Å²) in [6, 6.07) is 1.90. The van der Waals surface area contributed by atoms with E-state index in [0.29, 0.717) is 19.5 Å². The van der Waals surface area contributed by atoms with Crippen LogP contribution >= 0.6 is 0 Å². The van der Waals surface area contributed by atoms with Crippen LogP contribution in [0.15, 0.2) is 30.9 Å². The van der Waals surface area contributed by atoms with Crippen LogP contribution in [-0.4, -0.2) is 49.7 Å². The molecule has 1 fully saturated rings. The maximum Gasteiger partial charge on any atom is 0.316 e. The van der Waals surface area contributed by atoms with Crippen molar-refractivity contribution in [3.63, 3.8) is 0 Å². The van der Waals surface area contributed by atoms with Gasteiger partial charge in [-0.25, -0.2) is 14.4 Å². The summed E-state index contributed by atoms with van der Waals surface area (Å²) < 4.78 is 19.8. The summed E-state index contributed by atoms with van der Waals surface area (Å²) in [6.45, 7) is 1.31. The lowest BCUT2D eigenvalue weighted by molar-refractivity contribution is -0.131. The van der Waals surface area contributed by atoms with Crippen LogP contribution in [0.25, 0.3) is 0 Å². The second-order valence-corrected chi connectivity index (χ2v) is 4.76. The Morgan fingerprint density at radius 2 is 2.24 bits per heavy atom. The van der Waals surface area contributed by atoms with Crippen molar-refractivity contribution in [3.8, 4) is 6.01 Å². The van der Waals surface area contributed by atoms with Gasteiger partial charge < -0.3 is 9.64 Å². The zero-order valence-corrected chi connectivity index (χ0v) is 11.2. The molecule has 0 bridgehead atoms. The monoisotopic (exact) mass is 291 g/mol. The zero-order chi connectivity index (χ0) is 14.7. The van der Waals surface area contributed by atoms with E-state index in [1.54, 1.807) is 28.0 Å². The van der Waals surface area contributed by atoms with Gasteiger partial charge in [-0.1, -0.05) is 0 Å². The molecule has 0 saturated carbocycles.